The van der Waals surface area contributed by atoms with Crippen LogP contribution in [-0.4, -0.2) is 35.3 Å². The molecular formula is C43H65FO5Si2. The molecule has 0 aromatic heterocycles. The van der Waals surface area contributed by atoms with E-state index < -0.39 is 28.4 Å². The monoisotopic (exact) mass is 736 g/mol. The number of esters is 1. The molecule has 1 atom stereocenters. The van der Waals surface area contributed by atoms with Gasteiger partial charge in [-0.15, -0.1) is 0 Å². The van der Waals surface area contributed by atoms with Gasteiger partial charge in [0, 0.05) is 0 Å². The van der Waals surface area contributed by atoms with E-state index in [4.69, 9.17) is 18.3 Å². The van der Waals surface area contributed by atoms with Crippen molar-refractivity contribution < 1.29 is 27.5 Å². The predicted molar refractivity (Wildman–Crippen MR) is 216 cm³/mol. The van der Waals surface area contributed by atoms with E-state index in [1.54, 1.807) is 18.2 Å². The van der Waals surface area contributed by atoms with Crippen LogP contribution >= 0.6 is 0 Å². The van der Waals surface area contributed by atoms with Crippen molar-refractivity contribution in [3.8, 4) is 28.4 Å². The van der Waals surface area contributed by atoms with Crippen LogP contribution in [0.15, 0.2) is 66.7 Å². The Labute approximate surface area is 310 Å². The topological polar surface area (TPSA) is 54.0 Å². The smallest absolute Gasteiger partial charge is 0.343 e. The molecule has 0 saturated heterocycles. The van der Waals surface area contributed by atoms with Crippen LogP contribution in [0.3, 0.4) is 0 Å². The van der Waals surface area contributed by atoms with E-state index in [0.717, 1.165) is 49.2 Å². The number of rotatable bonds is 25. The number of hydrogen-bond donors (Lipinski definition) is 0. The zero-order chi connectivity index (χ0) is 37.1. The minimum atomic E-state index is -1.48. The molecule has 8 heteroatoms. The summed E-state index contributed by atoms with van der Waals surface area (Å²) < 4.78 is 38.5. The molecule has 3 rings (SSSR count). The lowest BCUT2D eigenvalue weighted by Crippen LogP contribution is -2.42. The molecule has 0 aliphatic carbocycles. The zero-order valence-corrected chi connectivity index (χ0v) is 34.7. The van der Waals surface area contributed by atoms with Gasteiger partial charge in [0.05, 0.1) is 18.3 Å². The Morgan fingerprint density at radius 3 is 1.80 bits per heavy atom. The number of benzene rings is 3. The van der Waals surface area contributed by atoms with E-state index in [0.29, 0.717) is 5.75 Å². The summed E-state index contributed by atoms with van der Waals surface area (Å²) in [5, 5.41) is 0. The second kappa shape index (κ2) is 22.2. The van der Waals surface area contributed by atoms with Gasteiger partial charge in [-0.25, -0.2) is 9.18 Å². The lowest BCUT2D eigenvalue weighted by molar-refractivity contribution is 0.0734. The highest BCUT2D eigenvalue weighted by atomic mass is 28.4. The molecule has 1 unspecified atom stereocenters. The first-order valence-electron chi connectivity index (χ1n) is 19.6. The third-order valence-corrected chi connectivity index (χ3v) is 15.2. The zero-order valence-electron chi connectivity index (χ0n) is 32.7. The third-order valence-electron chi connectivity index (χ3n) is 8.99. The maximum absolute atomic E-state index is 14.7. The number of halogens is 1. The molecule has 5 nitrogen and oxygen atoms in total. The molecule has 0 heterocycles. The second-order valence-corrected chi connectivity index (χ2v) is 24.7. The van der Waals surface area contributed by atoms with Crippen molar-refractivity contribution in [1.29, 1.82) is 0 Å². The summed E-state index contributed by atoms with van der Waals surface area (Å²) in [6, 6.07) is 20.9. The molecule has 51 heavy (non-hydrogen) atoms. The number of unbranched alkanes of at least 4 members (excludes halogenated alkanes) is 11. The first-order chi connectivity index (χ1) is 24.3. The summed E-state index contributed by atoms with van der Waals surface area (Å²) >= 11 is 0. The van der Waals surface area contributed by atoms with Gasteiger partial charge in [0.25, 0.3) is 0 Å². The van der Waals surface area contributed by atoms with E-state index >= 15 is 0 Å². The third kappa shape index (κ3) is 17.4. The van der Waals surface area contributed by atoms with E-state index in [-0.39, 0.29) is 17.4 Å². The van der Waals surface area contributed by atoms with Gasteiger partial charge in [0.15, 0.2) is 28.2 Å². The first-order valence-corrected chi connectivity index (χ1v) is 26.1. The molecule has 0 amide bonds. The van der Waals surface area contributed by atoms with Crippen molar-refractivity contribution in [3.63, 3.8) is 0 Å². The molecule has 0 spiro atoms. The van der Waals surface area contributed by atoms with Crippen LogP contribution in [0.4, 0.5) is 4.39 Å². The first kappa shape index (κ1) is 42.5. The molecule has 3 aromatic carbocycles. The van der Waals surface area contributed by atoms with Gasteiger partial charge >= 0.3 is 5.97 Å². The normalized spacial score (nSPS) is 12.5. The number of carbonyl (C=O) groups excluding carboxylic acids is 1. The summed E-state index contributed by atoms with van der Waals surface area (Å²) in [6.45, 7) is 16.5. The highest BCUT2D eigenvalue weighted by Gasteiger charge is 2.28. The number of ether oxygens (including phenoxy) is 3. The van der Waals surface area contributed by atoms with Crippen LogP contribution in [0.5, 0.6) is 17.2 Å². The van der Waals surface area contributed by atoms with Gasteiger partial charge < -0.3 is 18.3 Å². The maximum Gasteiger partial charge on any atom is 0.343 e. The summed E-state index contributed by atoms with van der Waals surface area (Å²) in [7, 11) is -2.89. The molecule has 0 fully saturated rings. The van der Waals surface area contributed by atoms with Gasteiger partial charge in [-0.05, 0) is 119 Å². The Kier molecular flexibility index (Phi) is 18.5. The molecule has 0 aliphatic heterocycles. The van der Waals surface area contributed by atoms with Crippen LogP contribution in [0.2, 0.25) is 38.8 Å². The predicted octanol–water partition coefficient (Wildman–Crippen LogP) is 13.4. The Morgan fingerprint density at radius 1 is 0.686 bits per heavy atom. The SMILES string of the molecule is CCCCCCC(C)Oc1ccc(C(=O)Oc2ccc(-c3ccc(OCCCCCCCCCCC[Si](C)(C)O[Si](C)(C)C)cc3)cc2)cc1F. The van der Waals surface area contributed by atoms with Gasteiger partial charge in [0.2, 0.25) is 0 Å². The largest absolute Gasteiger partial charge is 0.494 e. The fraction of sp³-hybridized carbons (Fsp3) is 0.558. The van der Waals surface area contributed by atoms with Crippen LogP contribution in [0.1, 0.15) is 114 Å². The molecular weight excluding hydrogens is 672 g/mol. The fourth-order valence-corrected chi connectivity index (χ4v) is 14.6. The summed E-state index contributed by atoms with van der Waals surface area (Å²) in [5.41, 5.74) is 2.18. The quantitative estimate of drug-likeness (QED) is 0.0375. The van der Waals surface area contributed by atoms with Gasteiger partial charge in [-0.2, -0.15) is 0 Å². The molecule has 0 N–H and O–H groups in total. The van der Waals surface area contributed by atoms with Gasteiger partial charge in [0.1, 0.15) is 11.5 Å². The van der Waals surface area contributed by atoms with Crippen molar-refractivity contribution in [1.82, 2.24) is 0 Å². The standard InChI is InChI=1S/C43H65FO5Si2/c1-8-9-10-18-21-35(2)47-42-31-26-38(34-41(42)44)43(45)48-40-29-24-37(25-30-40)36-22-27-39(28-23-36)46-32-19-16-14-12-11-13-15-17-20-33-51(6,7)49-50(3,4)5/h22-31,34-35H,8-21,32-33H2,1-7H3. The number of hydrogen-bond acceptors (Lipinski definition) is 5. The summed E-state index contributed by atoms with van der Waals surface area (Å²) in [6.07, 6.45) is 16.9. The molecule has 0 saturated carbocycles. The lowest BCUT2D eigenvalue weighted by atomic mass is 10.1. The van der Waals surface area contributed by atoms with Crippen molar-refractivity contribution in [2.75, 3.05) is 6.61 Å². The van der Waals surface area contributed by atoms with Gasteiger partial charge in [-0.1, -0.05) is 102 Å². The summed E-state index contributed by atoms with van der Waals surface area (Å²) in [5.74, 6) is 0.246. The van der Waals surface area contributed by atoms with Crippen molar-refractivity contribution in [2.45, 2.75) is 149 Å². The minimum absolute atomic E-state index is 0.0909. The maximum atomic E-state index is 14.7. The molecule has 0 bridgehead atoms. The average Bonchev–Trinajstić information content (AvgIpc) is 3.07. The van der Waals surface area contributed by atoms with E-state index in [1.165, 1.54) is 82.4 Å². The van der Waals surface area contributed by atoms with Crippen LogP contribution in [0, 0.1) is 5.82 Å². The van der Waals surface area contributed by atoms with Crippen LogP contribution < -0.4 is 14.2 Å². The Balaban J connectivity index is 1.29. The van der Waals surface area contributed by atoms with E-state index in [2.05, 4.69) is 39.7 Å². The molecule has 3 aromatic rings. The van der Waals surface area contributed by atoms with E-state index in [9.17, 15) is 9.18 Å². The van der Waals surface area contributed by atoms with Crippen molar-refractivity contribution in [3.05, 3.63) is 78.1 Å². The van der Waals surface area contributed by atoms with Gasteiger partial charge in [-0.3, -0.25) is 0 Å². The van der Waals surface area contributed by atoms with E-state index in [1.807, 2.05) is 43.3 Å². The lowest BCUT2D eigenvalue weighted by Gasteiger charge is -2.31. The Bertz CT molecular complexity index is 1420. The Hall–Kier alpha value is -2.95. The molecule has 0 radical (unpaired) electrons. The minimum Gasteiger partial charge on any atom is -0.494 e. The Morgan fingerprint density at radius 2 is 1.24 bits per heavy atom. The van der Waals surface area contributed by atoms with Crippen LogP contribution in [-0.2, 0) is 4.12 Å². The number of carbonyl (C=O) groups is 1. The summed E-state index contributed by atoms with van der Waals surface area (Å²) in [4.78, 5) is 12.7. The van der Waals surface area contributed by atoms with Crippen molar-refractivity contribution in [2.24, 2.45) is 0 Å². The van der Waals surface area contributed by atoms with Crippen molar-refractivity contribution >= 4 is 22.6 Å². The second-order valence-electron chi connectivity index (χ2n) is 15.6. The highest BCUT2D eigenvalue weighted by molar-refractivity contribution is 6.84. The van der Waals surface area contributed by atoms with Crippen LogP contribution in [0.25, 0.3) is 11.1 Å². The molecule has 282 valence electrons. The average molecular weight is 737 g/mol. The molecule has 0 aliphatic rings. The fourth-order valence-electron chi connectivity index (χ4n) is 6.44. The highest BCUT2D eigenvalue weighted by Crippen LogP contribution is 2.27.